The largest absolute Gasteiger partial charge is 0.439 e. The Morgan fingerprint density at radius 1 is 1.22 bits per heavy atom. The molecule has 112 valence electrons. The zero-order valence-corrected chi connectivity index (χ0v) is 11.6. The summed E-state index contributed by atoms with van der Waals surface area (Å²) < 4.78 is 6.34. The average Bonchev–Trinajstić information content (AvgIpc) is 3.20. The van der Waals surface area contributed by atoms with Crippen LogP contribution in [0.3, 0.4) is 0 Å². The van der Waals surface area contributed by atoms with E-state index in [9.17, 15) is 9.59 Å². The summed E-state index contributed by atoms with van der Waals surface area (Å²) >= 11 is 0. The third-order valence-corrected chi connectivity index (χ3v) is 3.40. The molecule has 0 amide bonds. The Labute approximate surface area is 128 Å². The highest BCUT2D eigenvalue weighted by molar-refractivity contribution is 5.85. The van der Waals surface area contributed by atoms with Crippen LogP contribution in [0.2, 0.25) is 0 Å². The molecule has 4 heterocycles. The number of carbonyl (C=O) groups is 1. The maximum Gasteiger partial charge on any atom is 0.439 e. The van der Waals surface area contributed by atoms with Crippen molar-refractivity contribution < 1.29 is 9.32 Å². The first-order valence-corrected chi connectivity index (χ1v) is 6.69. The van der Waals surface area contributed by atoms with Gasteiger partial charge < -0.3 is 0 Å². The van der Waals surface area contributed by atoms with Crippen LogP contribution in [0.15, 0.2) is 52.3 Å². The van der Waals surface area contributed by atoms with E-state index in [2.05, 4.69) is 24.6 Å². The topological polar surface area (TPSA) is 107 Å². The lowest BCUT2D eigenvalue weighted by molar-refractivity contribution is 0.112. The first-order valence-electron chi connectivity index (χ1n) is 6.69. The molecule has 8 nitrogen and oxygen atoms in total. The fourth-order valence-corrected chi connectivity index (χ4v) is 2.36. The molecule has 0 bridgehead atoms. The SMILES string of the molecule is O=Cc1cnc2c(ccn2-c2cncc(-c3noc(=O)[nH]3)c2)c1. The van der Waals surface area contributed by atoms with Gasteiger partial charge in [-0.2, -0.15) is 0 Å². The Hall–Kier alpha value is -3.55. The molecule has 0 spiro atoms. The molecule has 0 aliphatic rings. The minimum Gasteiger partial charge on any atom is -0.300 e. The summed E-state index contributed by atoms with van der Waals surface area (Å²) in [6.07, 6.45) is 7.33. The smallest absolute Gasteiger partial charge is 0.300 e. The van der Waals surface area contributed by atoms with Crippen LogP contribution in [0.1, 0.15) is 10.4 Å². The molecule has 0 saturated carbocycles. The monoisotopic (exact) mass is 307 g/mol. The summed E-state index contributed by atoms with van der Waals surface area (Å²) in [6, 6.07) is 5.42. The van der Waals surface area contributed by atoms with E-state index in [1.54, 1.807) is 24.5 Å². The number of aromatic nitrogens is 5. The molecule has 1 N–H and O–H groups in total. The number of fused-ring (bicyclic) bond motifs is 1. The van der Waals surface area contributed by atoms with Crippen molar-refractivity contribution in [2.45, 2.75) is 0 Å². The lowest BCUT2D eigenvalue weighted by Crippen LogP contribution is -1.98. The standard InChI is InChI=1S/C15H9N5O3/c21-8-9-3-10-1-2-20(14(10)17-5-9)12-4-11(6-16-7-12)13-18-15(22)23-19-13/h1-8H,(H,18,19,22). The van der Waals surface area contributed by atoms with E-state index >= 15 is 0 Å². The van der Waals surface area contributed by atoms with Crippen LogP contribution in [-0.4, -0.2) is 31.0 Å². The average molecular weight is 307 g/mol. The van der Waals surface area contributed by atoms with Crippen molar-refractivity contribution in [1.82, 2.24) is 24.7 Å². The number of aldehydes is 1. The van der Waals surface area contributed by atoms with Crippen molar-refractivity contribution in [3.8, 4) is 17.1 Å². The van der Waals surface area contributed by atoms with Gasteiger partial charge in [-0.15, -0.1) is 0 Å². The number of nitrogens with one attached hydrogen (secondary N) is 1. The van der Waals surface area contributed by atoms with Crippen molar-refractivity contribution in [3.05, 3.63) is 59.1 Å². The summed E-state index contributed by atoms with van der Waals surface area (Å²) in [5.74, 6) is -0.322. The van der Waals surface area contributed by atoms with Gasteiger partial charge in [-0.05, 0) is 18.2 Å². The minimum absolute atomic E-state index is 0.303. The number of hydrogen-bond donors (Lipinski definition) is 1. The van der Waals surface area contributed by atoms with E-state index in [4.69, 9.17) is 0 Å². The third-order valence-electron chi connectivity index (χ3n) is 3.40. The summed E-state index contributed by atoms with van der Waals surface area (Å²) in [4.78, 5) is 32.8. The number of nitrogens with zero attached hydrogens (tertiary/aromatic N) is 4. The van der Waals surface area contributed by atoms with Crippen LogP contribution in [0.4, 0.5) is 0 Å². The lowest BCUT2D eigenvalue weighted by atomic mass is 10.2. The van der Waals surface area contributed by atoms with Gasteiger partial charge in [-0.25, -0.2) is 9.78 Å². The Bertz CT molecular complexity index is 1080. The fourth-order valence-electron chi connectivity index (χ4n) is 2.36. The number of rotatable bonds is 3. The van der Waals surface area contributed by atoms with E-state index in [1.807, 2.05) is 16.8 Å². The number of H-pyrrole nitrogens is 1. The van der Waals surface area contributed by atoms with Crippen molar-refractivity contribution in [3.63, 3.8) is 0 Å². The van der Waals surface area contributed by atoms with Crippen LogP contribution >= 0.6 is 0 Å². The van der Waals surface area contributed by atoms with Gasteiger partial charge >= 0.3 is 5.76 Å². The first kappa shape index (κ1) is 13.1. The van der Waals surface area contributed by atoms with Crippen molar-refractivity contribution in [1.29, 1.82) is 0 Å². The van der Waals surface area contributed by atoms with Crippen LogP contribution < -0.4 is 5.76 Å². The quantitative estimate of drug-likeness (QED) is 0.576. The molecule has 4 aromatic rings. The first-order chi connectivity index (χ1) is 11.2. The second-order valence-corrected chi connectivity index (χ2v) is 4.86. The molecule has 0 aliphatic carbocycles. The molecule has 0 aromatic carbocycles. The molecule has 0 aliphatic heterocycles. The maximum atomic E-state index is 11.1. The van der Waals surface area contributed by atoms with Gasteiger partial charge in [-0.3, -0.25) is 23.9 Å². The Kier molecular flexibility index (Phi) is 2.87. The lowest BCUT2D eigenvalue weighted by Gasteiger charge is -2.05. The van der Waals surface area contributed by atoms with Gasteiger partial charge in [0.1, 0.15) is 5.65 Å². The summed E-state index contributed by atoms with van der Waals surface area (Å²) in [6.45, 7) is 0. The fraction of sp³-hybridized carbons (Fsp3) is 0. The Morgan fingerprint density at radius 2 is 2.13 bits per heavy atom. The van der Waals surface area contributed by atoms with Crippen LogP contribution in [0.25, 0.3) is 28.1 Å². The zero-order valence-electron chi connectivity index (χ0n) is 11.6. The Balaban J connectivity index is 1.85. The summed E-state index contributed by atoms with van der Waals surface area (Å²) in [5.41, 5.74) is 2.57. The van der Waals surface area contributed by atoms with Gasteiger partial charge in [0, 0.05) is 35.1 Å². The molecule has 0 atom stereocenters. The van der Waals surface area contributed by atoms with Gasteiger partial charge in [0.15, 0.2) is 12.1 Å². The van der Waals surface area contributed by atoms with Gasteiger partial charge in [0.05, 0.1) is 11.9 Å². The van der Waals surface area contributed by atoms with E-state index in [0.717, 1.165) is 17.4 Å². The van der Waals surface area contributed by atoms with E-state index in [0.29, 0.717) is 22.6 Å². The minimum atomic E-state index is -0.625. The van der Waals surface area contributed by atoms with Gasteiger partial charge in [-0.1, -0.05) is 5.16 Å². The second kappa shape index (κ2) is 5.02. The molecule has 23 heavy (non-hydrogen) atoms. The highest BCUT2D eigenvalue weighted by atomic mass is 16.5. The molecule has 0 unspecified atom stereocenters. The molecule has 4 rings (SSSR count). The number of aromatic amines is 1. The van der Waals surface area contributed by atoms with Crippen molar-refractivity contribution in [2.75, 3.05) is 0 Å². The molecule has 8 heteroatoms. The molecular weight excluding hydrogens is 298 g/mol. The third kappa shape index (κ3) is 2.22. The van der Waals surface area contributed by atoms with Crippen LogP contribution in [0, 0.1) is 0 Å². The molecule has 4 aromatic heterocycles. The van der Waals surface area contributed by atoms with Crippen molar-refractivity contribution >= 4 is 17.3 Å². The highest BCUT2D eigenvalue weighted by Gasteiger charge is 2.09. The van der Waals surface area contributed by atoms with E-state index < -0.39 is 5.76 Å². The van der Waals surface area contributed by atoms with Crippen LogP contribution in [-0.2, 0) is 0 Å². The molecular formula is C15H9N5O3. The number of pyridine rings is 2. The maximum absolute atomic E-state index is 11.1. The number of carbonyl (C=O) groups excluding carboxylic acids is 1. The summed E-state index contributed by atoms with van der Waals surface area (Å²) in [7, 11) is 0. The molecule has 0 radical (unpaired) electrons. The van der Waals surface area contributed by atoms with E-state index in [-0.39, 0.29) is 0 Å². The normalized spacial score (nSPS) is 11.0. The predicted octanol–water partition coefficient (Wildman–Crippen LogP) is 1.58. The Morgan fingerprint density at radius 3 is 2.91 bits per heavy atom. The molecule has 0 fully saturated rings. The van der Waals surface area contributed by atoms with Gasteiger partial charge in [0.2, 0.25) is 0 Å². The zero-order chi connectivity index (χ0) is 15.8. The second-order valence-electron chi connectivity index (χ2n) is 4.86. The highest BCUT2D eigenvalue weighted by Crippen LogP contribution is 2.21. The van der Waals surface area contributed by atoms with Gasteiger partial charge in [0.25, 0.3) is 0 Å². The van der Waals surface area contributed by atoms with Crippen LogP contribution in [0.5, 0.6) is 0 Å². The molecule has 0 saturated heterocycles. The van der Waals surface area contributed by atoms with E-state index in [1.165, 1.54) is 6.20 Å². The number of hydrogen-bond acceptors (Lipinski definition) is 6. The van der Waals surface area contributed by atoms with Crippen molar-refractivity contribution in [2.24, 2.45) is 0 Å². The summed E-state index contributed by atoms with van der Waals surface area (Å²) in [5, 5.41) is 4.49. The predicted molar refractivity (Wildman–Crippen MR) is 80.4 cm³/mol.